The van der Waals surface area contributed by atoms with Crippen LogP contribution in [0, 0.1) is 35.5 Å². The molecule has 1 fully saturated rings. The Kier molecular flexibility index (Phi) is 28.7. The van der Waals surface area contributed by atoms with Crippen molar-refractivity contribution in [3.05, 3.63) is 12.2 Å². The van der Waals surface area contributed by atoms with Crippen molar-refractivity contribution in [2.75, 3.05) is 26.7 Å². The number of rotatable bonds is 32. The van der Waals surface area contributed by atoms with Crippen LogP contribution in [0.5, 0.6) is 0 Å². The molecule has 1 rings (SSSR count). The number of carbonyl (C=O) groups is 10. The van der Waals surface area contributed by atoms with Gasteiger partial charge in [-0.1, -0.05) is 88.7 Å². The summed E-state index contributed by atoms with van der Waals surface area (Å²) >= 11 is 0. The van der Waals surface area contributed by atoms with Crippen LogP contribution < -0.4 is 53.2 Å². The summed E-state index contributed by atoms with van der Waals surface area (Å²) < 4.78 is 0. The maximum atomic E-state index is 14.2. The Balaban J connectivity index is 3.29. The quantitative estimate of drug-likeness (QED) is 0.0430. The number of carbonyl (C=O) groups excluding carboxylic acids is 10. The van der Waals surface area contributed by atoms with Crippen molar-refractivity contribution in [3.63, 3.8) is 0 Å². The largest absolute Gasteiger partial charge is 0.390 e. The number of hydrogen-bond acceptors (Lipinski definition) is 12. The van der Waals surface area contributed by atoms with E-state index in [1.165, 1.54) is 52.5 Å². The third kappa shape index (κ3) is 23.8. The molecule has 78 heavy (non-hydrogen) atoms. The van der Waals surface area contributed by atoms with E-state index in [4.69, 9.17) is 0 Å². The lowest BCUT2D eigenvalue weighted by Crippen LogP contribution is -2.66. The number of aliphatic hydroxyl groups is 1. The molecule has 10 amide bonds. The molecule has 0 saturated carbocycles. The molecule has 0 aliphatic carbocycles. The van der Waals surface area contributed by atoms with E-state index in [1.54, 1.807) is 20.9 Å². The van der Waals surface area contributed by atoms with Crippen LogP contribution in [-0.4, -0.2) is 155 Å². The number of likely N-dealkylation sites (tertiary alicyclic amines) is 1. The standard InChI is InChI=1S/C56H101N11O11/c1-20-35(10)21-22-43(69)67-30-36(11)28-41(67)49(74)61-38(25-31(2)3)47(72)63-44(45(70)34(8)9)50(75)65-55(15,16)52(77)62-39(26-32(4)5)46(71)60-40(27-33(6)7)48(73)64-56(17,18)53(78)66-54(13,14)51(76)58-24-23-42(68)59-37(12)29-57-19/h21-22,31-41,44-45,57,70H,20,23-30H2,1-19H3,(H,58,76)(H,59,68)(H,60,71)(H,61,74)(H,62,77)(H,63,72)(H,64,73)(H,65,75)(H,66,78)/b22-21+. The first-order valence-corrected chi connectivity index (χ1v) is 28.0. The fourth-order valence-corrected chi connectivity index (χ4v) is 8.55. The smallest absolute Gasteiger partial charge is 0.246 e. The molecule has 0 radical (unpaired) electrons. The highest BCUT2D eigenvalue weighted by atomic mass is 16.3. The molecule has 1 aliphatic heterocycles. The lowest BCUT2D eigenvalue weighted by molar-refractivity contribution is -0.140. The molecule has 0 spiro atoms. The number of nitrogens with zero attached hydrogens (tertiary/aromatic N) is 1. The maximum Gasteiger partial charge on any atom is 0.246 e. The van der Waals surface area contributed by atoms with Gasteiger partial charge in [0.1, 0.15) is 46.8 Å². The van der Waals surface area contributed by atoms with Gasteiger partial charge in [0.25, 0.3) is 0 Å². The van der Waals surface area contributed by atoms with Gasteiger partial charge >= 0.3 is 0 Å². The van der Waals surface area contributed by atoms with Crippen LogP contribution in [0.15, 0.2) is 12.2 Å². The topological polar surface area (TPSA) is 314 Å². The minimum Gasteiger partial charge on any atom is -0.390 e. The highest BCUT2D eigenvalue weighted by molar-refractivity contribution is 6.00. The number of nitrogens with one attached hydrogen (secondary N) is 10. The van der Waals surface area contributed by atoms with Crippen LogP contribution in [0.4, 0.5) is 0 Å². The molecule has 0 aromatic carbocycles. The zero-order valence-corrected chi connectivity index (χ0v) is 50.5. The molecule has 1 saturated heterocycles. The normalized spacial score (nSPS) is 17.8. The number of likely N-dealkylation sites (N-methyl/N-ethyl adjacent to an activating group) is 1. The third-order valence-electron chi connectivity index (χ3n) is 13.5. The van der Waals surface area contributed by atoms with Crippen LogP contribution >= 0.6 is 0 Å². The van der Waals surface area contributed by atoms with Crippen LogP contribution in [0.3, 0.4) is 0 Å². The Labute approximate surface area is 465 Å². The molecule has 0 bridgehead atoms. The molecule has 1 heterocycles. The first-order chi connectivity index (χ1) is 35.9. The van der Waals surface area contributed by atoms with Crippen molar-refractivity contribution < 1.29 is 53.1 Å². The number of aliphatic hydroxyl groups excluding tert-OH is 1. The average Bonchev–Trinajstić information content (AvgIpc) is 3.71. The van der Waals surface area contributed by atoms with Crippen LogP contribution in [-0.2, 0) is 47.9 Å². The van der Waals surface area contributed by atoms with Crippen LogP contribution in [0.2, 0.25) is 0 Å². The first-order valence-electron chi connectivity index (χ1n) is 28.0. The van der Waals surface area contributed by atoms with Gasteiger partial charge in [0, 0.05) is 32.1 Å². The Morgan fingerprint density at radius 3 is 1.62 bits per heavy atom. The van der Waals surface area contributed by atoms with E-state index in [-0.39, 0.29) is 79.7 Å². The zero-order chi connectivity index (χ0) is 60.2. The summed E-state index contributed by atoms with van der Waals surface area (Å²) in [5, 5.41) is 38.8. The molecular weight excluding hydrogens is 1000 g/mol. The van der Waals surface area contributed by atoms with E-state index in [0.29, 0.717) is 19.5 Å². The molecule has 9 unspecified atom stereocenters. The van der Waals surface area contributed by atoms with E-state index < -0.39 is 106 Å². The van der Waals surface area contributed by atoms with Gasteiger partial charge in [-0.15, -0.1) is 0 Å². The fraction of sp³-hybridized carbons (Fsp3) is 0.786. The van der Waals surface area contributed by atoms with Gasteiger partial charge in [0.05, 0.1) is 6.10 Å². The van der Waals surface area contributed by atoms with Gasteiger partial charge in [0.15, 0.2) is 0 Å². The Morgan fingerprint density at radius 2 is 1.10 bits per heavy atom. The predicted octanol–water partition coefficient (Wildman–Crippen LogP) is 1.83. The SMILES string of the molecule is CCC(C)/C=C/C(=O)N1CC(C)CC1C(=O)NC(CC(C)C)C(=O)NC(C(=O)NC(C)(C)C(=O)NC(CC(C)C)C(=O)NC(CC(C)C)C(=O)NC(C)(C)C(=O)NC(C)(C)C(=O)NCCC(=O)NC(C)CNC)C(O)C(C)C. The Morgan fingerprint density at radius 1 is 0.615 bits per heavy atom. The van der Waals surface area contributed by atoms with Crippen molar-refractivity contribution >= 4 is 59.1 Å². The molecule has 0 aromatic rings. The van der Waals surface area contributed by atoms with Crippen molar-refractivity contribution in [1.82, 2.24) is 58.1 Å². The molecular formula is C56H101N11O11. The van der Waals surface area contributed by atoms with E-state index in [0.717, 1.165) is 6.42 Å². The summed E-state index contributed by atoms with van der Waals surface area (Å²) in [5.74, 6) is -7.01. The molecule has 0 aromatic heterocycles. The molecule has 22 heteroatoms. The summed E-state index contributed by atoms with van der Waals surface area (Å²) in [7, 11) is 1.77. The number of hydrogen-bond donors (Lipinski definition) is 11. The monoisotopic (exact) mass is 1100 g/mol. The van der Waals surface area contributed by atoms with Crippen molar-refractivity contribution in [2.45, 2.75) is 222 Å². The van der Waals surface area contributed by atoms with E-state index >= 15 is 0 Å². The second-order valence-electron chi connectivity index (χ2n) is 24.7. The maximum absolute atomic E-state index is 14.2. The van der Waals surface area contributed by atoms with Gasteiger partial charge in [-0.25, -0.2) is 0 Å². The first kappa shape index (κ1) is 70.4. The second-order valence-corrected chi connectivity index (χ2v) is 24.7. The summed E-state index contributed by atoms with van der Waals surface area (Å²) in [4.78, 5) is 138. The molecule has 9 atom stereocenters. The highest BCUT2D eigenvalue weighted by Crippen LogP contribution is 2.25. The van der Waals surface area contributed by atoms with E-state index in [2.05, 4.69) is 53.2 Å². The summed E-state index contributed by atoms with van der Waals surface area (Å²) in [6, 6.07) is -6.12. The van der Waals surface area contributed by atoms with E-state index in [9.17, 15) is 53.1 Å². The average molecular weight is 1100 g/mol. The van der Waals surface area contributed by atoms with Gasteiger partial charge < -0.3 is 63.2 Å². The summed E-state index contributed by atoms with van der Waals surface area (Å²) in [5.41, 5.74) is -4.81. The highest BCUT2D eigenvalue weighted by Gasteiger charge is 2.43. The number of amides is 10. The van der Waals surface area contributed by atoms with E-state index in [1.807, 2.05) is 75.3 Å². The Hall–Kier alpha value is -5.64. The van der Waals surface area contributed by atoms with Gasteiger partial charge in [0.2, 0.25) is 59.1 Å². The van der Waals surface area contributed by atoms with Crippen LogP contribution in [0.1, 0.15) is 163 Å². The van der Waals surface area contributed by atoms with Gasteiger partial charge in [-0.05, 0) is 123 Å². The van der Waals surface area contributed by atoms with Gasteiger partial charge in [-0.2, -0.15) is 0 Å². The molecule has 446 valence electrons. The molecule has 22 nitrogen and oxygen atoms in total. The molecule has 1 aliphatic rings. The fourth-order valence-electron chi connectivity index (χ4n) is 8.55. The lowest BCUT2D eigenvalue weighted by atomic mass is 9.95. The second kappa shape index (κ2) is 31.8. The zero-order valence-electron chi connectivity index (χ0n) is 50.5. The predicted molar refractivity (Wildman–Crippen MR) is 301 cm³/mol. The Bertz CT molecular complexity index is 2090. The van der Waals surface area contributed by atoms with Gasteiger partial charge in [-0.3, -0.25) is 47.9 Å². The van der Waals surface area contributed by atoms with Crippen LogP contribution in [0.25, 0.3) is 0 Å². The minimum absolute atomic E-state index is 0.0163. The van der Waals surface area contributed by atoms with Crippen molar-refractivity contribution in [1.29, 1.82) is 0 Å². The number of allylic oxidation sites excluding steroid dienone is 1. The summed E-state index contributed by atoms with van der Waals surface area (Å²) in [6.07, 6.45) is 3.48. The van der Waals surface area contributed by atoms with Crippen molar-refractivity contribution in [2.24, 2.45) is 35.5 Å². The third-order valence-corrected chi connectivity index (χ3v) is 13.5. The summed E-state index contributed by atoms with van der Waals surface area (Å²) in [6.45, 7) is 31.7. The lowest BCUT2D eigenvalue weighted by Gasteiger charge is -2.34. The minimum atomic E-state index is -1.76. The molecule has 11 N–H and O–H groups in total. The van der Waals surface area contributed by atoms with Crippen molar-refractivity contribution in [3.8, 4) is 0 Å².